The number of thiazole rings is 1. The number of fused-ring (bicyclic) bond motifs is 1. The van der Waals surface area contributed by atoms with Crippen LogP contribution in [0.2, 0.25) is 0 Å². The van der Waals surface area contributed by atoms with Gasteiger partial charge in [0.15, 0.2) is 5.13 Å². The number of nitrogens with zero attached hydrogens (tertiary/aromatic N) is 4. The molecule has 1 aliphatic heterocycles. The molecule has 2 aromatic carbocycles. The van der Waals surface area contributed by atoms with Gasteiger partial charge < -0.3 is 4.74 Å². The Morgan fingerprint density at radius 1 is 1.16 bits per heavy atom. The van der Waals surface area contributed by atoms with Gasteiger partial charge in [0.1, 0.15) is 5.75 Å². The lowest BCUT2D eigenvalue weighted by atomic mass is 10.1. The number of ether oxygens (including phenoxy) is 1. The number of carbonyl (C=O) groups is 1. The molecule has 1 fully saturated rings. The molecule has 0 saturated carbocycles. The van der Waals surface area contributed by atoms with Crippen molar-refractivity contribution in [3.8, 4) is 5.75 Å². The number of carbonyl (C=O) groups excluding carboxylic acids is 1. The maximum absolute atomic E-state index is 13.8. The predicted molar refractivity (Wildman–Crippen MR) is 149 cm³/mol. The summed E-state index contributed by atoms with van der Waals surface area (Å²) in [7, 11) is -3.62. The van der Waals surface area contributed by atoms with Gasteiger partial charge in [-0.1, -0.05) is 23.8 Å². The van der Waals surface area contributed by atoms with Gasteiger partial charge in [-0.3, -0.25) is 14.7 Å². The highest BCUT2D eigenvalue weighted by molar-refractivity contribution is 7.89. The molecule has 1 atom stereocenters. The van der Waals surface area contributed by atoms with Crippen molar-refractivity contribution < 1.29 is 17.9 Å². The van der Waals surface area contributed by atoms with Gasteiger partial charge in [-0.05, 0) is 80.8 Å². The normalized spacial score (nSPS) is 16.4. The van der Waals surface area contributed by atoms with Crippen molar-refractivity contribution in [3.63, 3.8) is 0 Å². The first kappa shape index (κ1) is 26.3. The number of benzene rings is 2. The topological polar surface area (TPSA) is 92.7 Å². The van der Waals surface area contributed by atoms with Gasteiger partial charge in [0.2, 0.25) is 10.0 Å². The second kappa shape index (κ2) is 11.2. The third-order valence-corrected chi connectivity index (χ3v) is 9.72. The fourth-order valence-electron chi connectivity index (χ4n) is 4.65. The molecular formula is C28H30N4O4S2. The number of aromatic nitrogens is 2. The van der Waals surface area contributed by atoms with E-state index >= 15 is 0 Å². The van der Waals surface area contributed by atoms with Crippen LogP contribution in [0.1, 0.15) is 49.0 Å². The van der Waals surface area contributed by atoms with Crippen LogP contribution in [-0.4, -0.2) is 47.8 Å². The van der Waals surface area contributed by atoms with Crippen LogP contribution in [0.15, 0.2) is 71.9 Å². The van der Waals surface area contributed by atoms with Crippen LogP contribution in [0, 0.1) is 0 Å². The number of sulfonamides is 1. The van der Waals surface area contributed by atoms with Crippen molar-refractivity contribution in [2.24, 2.45) is 0 Å². The Morgan fingerprint density at radius 3 is 2.68 bits per heavy atom. The average Bonchev–Trinajstić information content (AvgIpc) is 3.35. The van der Waals surface area contributed by atoms with Gasteiger partial charge >= 0.3 is 0 Å². The van der Waals surface area contributed by atoms with Gasteiger partial charge in [-0.2, -0.15) is 4.31 Å². The van der Waals surface area contributed by atoms with Gasteiger partial charge in [0.05, 0.1) is 28.3 Å². The molecule has 8 nitrogen and oxygen atoms in total. The third-order valence-electron chi connectivity index (χ3n) is 6.65. The molecule has 0 bridgehead atoms. The first-order valence-electron chi connectivity index (χ1n) is 12.7. The Balaban J connectivity index is 1.46. The quantitative estimate of drug-likeness (QED) is 0.288. The first-order chi connectivity index (χ1) is 18.4. The van der Waals surface area contributed by atoms with Crippen molar-refractivity contribution in [1.82, 2.24) is 14.3 Å². The number of pyridine rings is 1. The Labute approximate surface area is 227 Å². The minimum Gasteiger partial charge on any atom is -0.494 e. The highest BCUT2D eigenvalue weighted by Gasteiger charge is 2.31. The van der Waals surface area contributed by atoms with E-state index in [1.807, 2.05) is 44.2 Å². The highest BCUT2D eigenvalue weighted by atomic mass is 32.2. The van der Waals surface area contributed by atoms with Crippen molar-refractivity contribution in [1.29, 1.82) is 0 Å². The lowest BCUT2D eigenvalue weighted by Crippen LogP contribution is -2.41. The Hall–Kier alpha value is -3.34. The molecule has 0 spiro atoms. The van der Waals surface area contributed by atoms with Crippen molar-refractivity contribution in [2.45, 2.75) is 50.6 Å². The molecule has 0 radical (unpaired) electrons. The van der Waals surface area contributed by atoms with E-state index in [-0.39, 0.29) is 23.4 Å². The highest BCUT2D eigenvalue weighted by Crippen LogP contribution is 2.33. The fourth-order valence-corrected chi connectivity index (χ4v) is 7.35. The Bertz CT molecular complexity index is 1520. The van der Waals surface area contributed by atoms with E-state index in [1.165, 1.54) is 23.5 Å². The van der Waals surface area contributed by atoms with Crippen LogP contribution in [-0.2, 0) is 16.6 Å². The zero-order valence-electron chi connectivity index (χ0n) is 21.4. The molecule has 38 heavy (non-hydrogen) atoms. The predicted octanol–water partition coefficient (Wildman–Crippen LogP) is 5.50. The van der Waals surface area contributed by atoms with Crippen molar-refractivity contribution in [2.75, 3.05) is 18.1 Å². The Morgan fingerprint density at radius 2 is 1.97 bits per heavy atom. The molecule has 1 saturated heterocycles. The number of hydrogen-bond donors (Lipinski definition) is 0. The molecule has 2 aromatic heterocycles. The molecule has 1 amide bonds. The van der Waals surface area contributed by atoms with E-state index in [0.29, 0.717) is 23.8 Å². The summed E-state index contributed by atoms with van der Waals surface area (Å²) in [5, 5.41) is 0.543. The molecule has 0 N–H and O–H groups in total. The Kier molecular flexibility index (Phi) is 7.73. The SMILES string of the molecule is CCOc1ccc2nc(N(Cc3cccnc3)C(=O)c3ccc(S(=O)(=O)N4CCCCC4C)cc3)sc2c1. The van der Waals surface area contributed by atoms with E-state index in [9.17, 15) is 13.2 Å². The van der Waals surface area contributed by atoms with E-state index in [4.69, 9.17) is 9.72 Å². The molecule has 198 valence electrons. The summed E-state index contributed by atoms with van der Waals surface area (Å²) in [5.74, 6) is 0.480. The third kappa shape index (κ3) is 5.43. The minimum atomic E-state index is -3.62. The number of amides is 1. The van der Waals surface area contributed by atoms with Crippen LogP contribution in [0.3, 0.4) is 0 Å². The molecule has 1 aliphatic rings. The molecule has 0 aliphatic carbocycles. The molecule has 5 rings (SSSR count). The average molecular weight is 551 g/mol. The summed E-state index contributed by atoms with van der Waals surface area (Å²) < 4.78 is 34.6. The maximum atomic E-state index is 13.8. The largest absolute Gasteiger partial charge is 0.494 e. The minimum absolute atomic E-state index is 0.0349. The molecular weight excluding hydrogens is 520 g/mol. The summed E-state index contributed by atoms with van der Waals surface area (Å²) in [6.45, 7) is 5.23. The standard InChI is InChI=1S/C28H30N4O4S2/c1-3-36-23-11-14-25-26(17-23)37-28(30-25)31(19-21-8-6-15-29-18-21)27(33)22-9-12-24(13-10-22)38(34,35)32-16-5-4-7-20(32)2/h6,8-15,17-18,20H,3-5,7,16,19H2,1-2H3. The summed E-state index contributed by atoms with van der Waals surface area (Å²) in [6.07, 6.45) is 6.15. The number of hydrogen-bond acceptors (Lipinski definition) is 7. The van der Waals surface area contributed by atoms with E-state index in [2.05, 4.69) is 4.98 Å². The molecule has 3 heterocycles. The van der Waals surface area contributed by atoms with Crippen LogP contribution in [0.4, 0.5) is 5.13 Å². The van der Waals surface area contributed by atoms with Crippen LogP contribution < -0.4 is 9.64 Å². The smallest absolute Gasteiger partial charge is 0.260 e. The molecule has 4 aromatic rings. The van der Waals surface area contributed by atoms with Gasteiger partial charge in [0.25, 0.3) is 5.91 Å². The van der Waals surface area contributed by atoms with E-state index < -0.39 is 10.0 Å². The second-order valence-corrected chi connectivity index (χ2v) is 12.2. The molecule has 10 heteroatoms. The maximum Gasteiger partial charge on any atom is 0.260 e. The number of anilines is 1. The zero-order valence-corrected chi connectivity index (χ0v) is 23.0. The van der Waals surface area contributed by atoms with Crippen LogP contribution in [0.5, 0.6) is 5.75 Å². The first-order valence-corrected chi connectivity index (χ1v) is 15.0. The van der Waals surface area contributed by atoms with Crippen LogP contribution in [0.25, 0.3) is 10.2 Å². The zero-order chi connectivity index (χ0) is 26.7. The van der Waals surface area contributed by atoms with Crippen molar-refractivity contribution >= 4 is 42.6 Å². The monoisotopic (exact) mass is 550 g/mol. The lowest BCUT2D eigenvalue weighted by molar-refractivity contribution is 0.0985. The summed E-state index contributed by atoms with van der Waals surface area (Å²) in [4.78, 5) is 24.5. The van der Waals surface area contributed by atoms with E-state index in [0.717, 1.165) is 40.8 Å². The summed E-state index contributed by atoms with van der Waals surface area (Å²) >= 11 is 1.41. The second-order valence-electron chi connectivity index (χ2n) is 9.30. The van der Waals surface area contributed by atoms with Gasteiger partial charge in [-0.25, -0.2) is 13.4 Å². The fraction of sp³-hybridized carbons (Fsp3) is 0.321. The van der Waals surface area contributed by atoms with E-state index in [1.54, 1.807) is 33.7 Å². The summed E-state index contributed by atoms with van der Waals surface area (Å²) in [6, 6.07) is 15.6. The number of piperidine rings is 1. The number of rotatable bonds is 8. The van der Waals surface area contributed by atoms with Crippen molar-refractivity contribution in [3.05, 3.63) is 78.1 Å². The van der Waals surface area contributed by atoms with Crippen LogP contribution >= 0.6 is 11.3 Å². The van der Waals surface area contributed by atoms with Gasteiger partial charge in [-0.15, -0.1) is 0 Å². The molecule has 1 unspecified atom stereocenters. The van der Waals surface area contributed by atoms with Gasteiger partial charge in [0, 0.05) is 30.5 Å². The summed E-state index contributed by atoms with van der Waals surface area (Å²) in [5.41, 5.74) is 2.01. The lowest BCUT2D eigenvalue weighted by Gasteiger charge is -2.32.